The highest BCUT2D eigenvalue weighted by molar-refractivity contribution is 6.35. The van der Waals surface area contributed by atoms with Gasteiger partial charge in [0.15, 0.2) is 11.6 Å². The number of rotatable bonds is 12. The fraction of sp³-hybridized carbons (Fsp3) is 0.333. The number of halogens is 2. The van der Waals surface area contributed by atoms with Crippen molar-refractivity contribution in [1.82, 2.24) is 5.32 Å². The second-order valence-corrected chi connectivity index (χ2v) is 10.9. The molecular formula is C30H31Cl2N5O4. The molecule has 9 nitrogen and oxygen atoms in total. The molecule has 0 unspecified atom stereocenters. The van der Waals surface area contributed by atoms with E-state index in [-0.39, 0.29) is 30.8 Å². The first-order chi connectivity index (χ1) is 19.8. The van der Waals surface area contributed by atoms with Gasteiger partial charge in [-0.15, -0.1) is 0 Å². The average Bonchev–Trinajstić information content (AvgIpc) is 3.33. The summed E-state index contributed by atoms with van der Waals surface area (Å²) in [6.45, 7) is 4.85. The van der Waals surface area contributed by atoms with E-state index in [9.17, 15) is 10.3 Å². The minimum Gasteiger partial charge on any atom is -0.494 e. The second-order valence-electron chi connectivity index (χ2n) is 10.1. The number of ether oxygens (including phenoxy) is 2. The molecule has 0 radical (unpaired) electrons. The molecule has 0 fully saturated rings. The molecule has 0 aromatic heterocycles. The number of aliphatic imine (C=N–C) groups is 1. The van der Waals surface area contributed by atoms with Gasteiger partial charge in [0, 0.05) is 57.8 Å². The molecule has 4 rings (SSSR count). The van der Waals surface area contributed by atoms with Crippen LogP contribution in [0.4, 0.5) is 5.69 Å². The first-order valence-electron chi connectivity index (χ1n) is 13.2. The van der Waals surface area contributed by atoms with Gasteiger partial charge in [0.25, 0.3) is 5.91 Å². The largest absolute Gasteiger partial charge is 0.494 e. The van der Waals surface area contributed by atoms with E-state index in [2.05, 4.69) is 15.3 Å². The molecule has 1 aliphatic heterocycles. The summed E-state index contributed by atoms with van der Waals surface area (Å²) in [5.74, 6) is 0.719. The van der Waals surface area contributed by atoms with Gasteiger partial charge in [-0.05, 0) is 53.4 Å². The van der Waals surface area contributed by atoms with Gasteiger partial charge in [-0.2, -0.15) is 0 Å². The Morgan fingerprint density at radius 2 is 1.95 bits per heavy atom. The van der Waals surface area contributed by atoms with Crippen LogP contribution in [0.25, 0.3) is 10.4 Å². The third-order valence-corrected chi connectivity index (χ3v) is 7.11. The number of carbonyl (C=O) groups excluding carboxylic acids is 1. The number of benzene rings is 3. The Labute approximate surface area is 248 Å². The predicted octanol–water partition coefficient (Wildman–Crippen LogP) is 6.97. The highest BCUT2D eigenvalue weighted by atomic mass is 35.5. The smallest absolute Gasteiger partial charge is 0.252 e. The zero-order valence-electron chi connectivity index (χ0n) is 22.8. The van der Waals surface area contributed by atoms with E-state index in [4.69, 9.17) is 42.8 Å². The van der Waals surface area contributed by atoms with E-state index in [0.717, 1.165) is 0 Å². The maximum absolute atomic E-state index is 14.2. The Balaban J connectivity index is 1.85. The summed E-state index contributed by atoms with van der Waals surface area (Å²) in [6.07, 6.45) is -0.331. The SMILES string of the molecule is CC(C)CNC(=O)[C@]1(Cc2ccccc2N=[N+]=[N-])N=C(c2ccc(OCCCO)cc2)O[C@@H]1c1ccc(Cl)cc1Cl. The predicted molar refractivity (Wildman–Crippen MR) is 160 cm³/mol. The Bertz CT molecular complexity index is 1460. The van der Waals surface area contributed by atoms with Crippen LogP contribution in [0.2, 0.25) is 10.0 Å². The summed E-state index contributed by atoms with van der Waals surface area (Å²) in [5, 5.41) is 16.7. The van der Waals surface area contributed by atoms with E-state index >= 15 is 0 Å². The molecular weight excluding hydrogens is 565 g/mol. The highest BCUT2D eigenvalue weighted by Gasteiger charge is 2.54. The molecule has 214 valence electrons. The summed E-state index contributed by atoms with van der Waals surface area (Å²) in [7, 11) is 0. The number of aliphatic hydroxyl groups excluding tert-OH is 1. The summed E-state index contributed by atoms with van der Waals surface area (Å²) in [6, 6.07) is 19.2. The van der Waals surface area contributed by atoms with Crippen LogP contribution in [0.15, 0.2) is 76.8 Å². The van der Waals surface area contributed by atoms with Crippen LogP contribution < -0.4 is 10.1 Å². The fourth-order valence-corrected chi connectivity index (χ4v) is 5.03. The number of hydrogen-bond donors (Lipinski definition) is 2. The Kier molecular flexibility index (Phi) is 10.1. The van der Waals surface area contributed by atoms with E-state index in [1.165, 1.54) is 0 Å². The zero-order chi connectivity index (χ0) is 29.4. The normalized spacial score (nSPS) is 17.9. The first kappa shape index (κ1) is 30.2. The van der Waals surface area contributed by atoms with Gasteiger partial charge in [-0.3, -0.25) is 4.79 Å². The Morgan fingerprint density at radius 3 is 2.63 bits per heavy atom. The molecule has 41 heavy (non-hydrogen) atoms. The lowest BCUT2D eigenvalue weighted by Crippen LogP contribution is -2.50. The number of amides is 1. The van der Waals surface area contributed by atoms with Crippen molar-refractivity contribution in [3.63, 3.8) is 0 Å². The third kappa shape index (κ3) is 7.13. The van der Waals surface area contributed by atoms with Crippen molar-refractivity contribution in [2.24, 2.45) is 16.0 Å². The van der Waals surface area contributed by atoms with Crippen molar-refractivity contribution in [2.75, 3.05) is 19.8 Å². The molecule has 11 heteroatoms. The molecule has 3 aromatic carbocycles. The van der Waals surface area contributed by atoms with Gasteiger partial charge in [0.05, 0.1) is 6.61 Å². The lowest BCUT2D eigenvalue weighted by atomic mass is 9.81. The first-order valence-corrected chi connectivity index (χ1v) is 14.0. The van der Waals surface area contributed by atoms with Gasteiger partial charge >= 0.3 is 0 Å². The number of azide groups is 1. The Hall–Kier alpha value is -3.75. The summed E-state index contributed by atoms with van der Waals surface area (Å²) >= 11 is 12.9. The van der Waals surface area contributed by atoms with E-state index in [1.54, 1.807) is 60.7 Å². The van der Waals surface area contributed by atoms with Gasteiger partial charge in [-0.25, -0.2) is 4.99 Å². The summed E-state index contributed by atoms with van der Waals surface area (Å²) in [4.78, 5) is 22.1. The van der Waals surface area contributed by atoms with E-state index in [0.29, 0.717) is 57.7 Å². The van der Waals surface area contributed by atoms with Crippen molar-refractivity contribution in [3.8, 4) is 5.75 Å². The molecule has 1 amide bonds. The monoisotopic (exact) mass is 595 g/mol. The van der Waals surface area contributed by atoms with Crippen molar-refractivity contribution in [1.29, 1.82) is 0 Å². The van der Waals surface area contributed by atoms with Crippen LogP contribution in [0, 0.1) is 5.92 Å². The van der Waals surface area contributed by atoms with Crippen molar-refractivity contribution in [2.45, 2.75) is 38.3 Å². The standard InChI is InChI=1S/C30H31Cl2N5O4/c1-19(2)18-34-29(39)30(17-21-6-3-4-7-26(21)36-37-33)27(24-13-10-22(31)16-25(24)32)41-28(35-30)20-8-11-23(12-9-20)40-15-5-14-38/h3-4,6-13,16,19,27,38H,5,14-15,17-18H2,1-2H3,(H,34,39)/t27-,30-/m1/s1. The van der Waals surface area contributed by atoms with Crippen LogP contribution in [0.3, 0.4) is 0 Å². The van der Waals surface area contributed by atoms with Gasteiger partial charge in [0.1, 0.15) is 5.75 Å². The molecule has 0 bridgehead atoms. The quantitative estimate of drug-likeness (QED) is 0.101. The lowest BCUT2D eigenvalue weighted by molar-refractivity contribution is -0.129. The average molecular weight is 597 g/mol. The molecule has 1 aliphatic rings. The maximum atomic E-state index is 14.2. The topological polar surface area (TPSA) is 129 Å². The van der Waals surface area contributed by atoms with Crippen LogP contribution >= 0.6 is 23.2 Å². The summed E-state index contributed by atoms with van der Waals surface area (Å²) < 4.78 is 12.1. The molecule has 0 spiro atoms. The van der Waals surface area contributed by atoms with Gasteiger partial charge in [-0.1, -0.05) is 72.5 Å². The Morgan fingerprint density at radius 1 is 1.20 bits per heavy atom. The molecule has 2 N–H and O–H groups in total. The maximum Gasteiger partial charge on any atom is 0.252 e. The van der Waals surface area contributed by atoms with E-state index < -0.39 is 11.6 Å². The van der Waals surface area contributed by atoms with Gasteiger partial charge < -0.3 is 19.9 Å². The lowest BCUT2D eigenvalue weighted by Gasteiger charge is -2.32. The van der Waals surface area contributed by atoms with E-state index in [1.807, 2.05) is 19.9 Å². The minimum absolute atomic E-state index is 0.0428. The number of carbonyl (C=O) groups is 1. The fourth-order valence-electron chi connectivity index (χ4n) is 4.52. The number of nitrogens with zero attached hydrogens (tertiary/aromatic N) is 4. The minimum atomic E-state index is -1.50. The molecule has 3 aromatic rings. The zero-order valence-corrected chi connectivity index (χ0v) is 24.3. The van der Waals surface area contributed by atoms with Crippen LogP contribution in [0.5, 0.6) is 5.75 Å². The molecule has 0 aliphatic carbocycles. The molecule has 1 heterocycles. The molecule has 0 saturated heterocycles. The molecule has 2 atom stereocenters. The number of hydrogen-bond acceptors (Lipinski definition) is 6. The molecule has 0 saturated carbocycles. The number of aliphatic hydroxyl groups is 1. The van der Waals surface area contributed by atoms with Crippen molar-refractivity contribution >= 4 is 40.7 Å². The number of nitrogens with one attached hydrogen (secondary N) is 1. The second kappa shape index (κ2) is 13.7. The third-order valence-electron chi connectivity index (χ3n) is 6.55. The van der Waals surface area contributed by atoms with Crippen LogP contribution in [-0.4, -0.2) is 42.2 Å². The van der Waals surface area contributed by atoms with Crippen molar-refractivity contribution < 1.29 is 19.4 Å². The van der Waals surface area contributed by atoms with Crippen LogP contribution in [0.1, 0.15) is 43.1 Å². The highest BCUT2D eigenvalue weighted by Crippen LogP contribution is 2.46. The van der Waals surface area contributed by atoms with Crippen LogP contribution in [-0.2, 0) is 16.0 Å². The summed E-state index contributed by atoms with van der Waals surface area (Å²) in [5.41, 5.74) is 9.86. The van der Waals surface area contributed by atoms with Crippen molar-refractivity contribution in [3.05, 3.63) is 104 Å². The van der Waals surface area contributed by atoms with Gasteiger partial charge in [0.2, 0.25) is 5.90 Å².